The number of carbonyl (C=O) groups is 2. The molecule has 0 fully saturated rings. The van der Waals surface area contributed by atoms with E-state index in [0.717, 1.165) is 0 Å². The largest absolute Gasteiger partial charge is 0.480 e. The molecule has 6 heteroatoms. The monoisotopic (exact) mass is 190 g/mol. The Morgan fingerprint density at radius 1 is 1.38 bits per heavy atom. The lowest BCUT2D eigenvalue weighted by Gasteiger charge is -2.17. The lowest BCUT2D eigenvalue weighted by atomic mass is 10.1. The molecule has 0 bridgehead atoms. The fourth-order valence-corrected chi connectivity index (χ4v) is 0.673. The van der Waals surface area contributed by atoms with Gasteiger partial charge in [-0.1, -0.05) is 0 Å². The van der Waals surface area contributed by atoms with Gasteiger partial charge in [0.1, 0.15) is 0 Å². The van der Waals surface area contributed by atoms with E-state index in [1.165, 1.54) is 13.8 Å². The average molecular weight is 190 g/mol. The number of aliphatic hydroxyl groups excluding tert-OH is 1. The molecule has 0 aromatic carbocycles. The molecule has 0 saturated heterocycles. The Balaban J connectivity index is 4.27. The molecule has 1 amide bonds. The van der Waals surface area contributed by atoms with Gasteiger partial charge in [0, 0.05) is 0 Å². The Bertz CT molecular complexity index is 203. The minimum absolute atomic E-state index is 0.603. The van der Waals surface area contributed by atoms with Crippen molar-refractivity contribution in [1.82, 2.24) is 5.32 Å². The van der Waals surface area contributed by atoms with Gasteiger partial charge in [0.25, 0.3) is 0 Å². The zero-order chi connectivity index (χ0) is 10.6. The molecule has 0 saturated carbocycles. The molecule has 13 heavy (non-hydrogen) atoms. The van der Waals surface area contributed by atoms with Gasteiger partial charge < -0.3 is 21.3 Å². The predicted octanol–water partition coefficient (Wildman–Crippen LogP) is -1.72. The molecular formula is C7H14N2O4. The summed E-state index contributed by atoms with van der Waals surface area (Å²) in [4.78, 5) is 21.4. The van der Waals surface area contributed by atoms with E-state index in [2.05, 4.69) is 5.32 Å². The standard InChI is InChI=1S/C7H14N2O4/c1-3(8)6(11)9-5(4(2)10)7(12)13/h3-5,10H,8H2,1-2H3,(H,9,11)(H,12,13)/t3-,4?,5?/m1/s1. The fourth-order valence-electron chi connectivity index (χ4n) is 0.673. The summed E-state index contributed by atoms with van der Waals surface area (Å²) in [6, 6.07) is -2.10. The van der Waals surface area contributed by atoms with Crippen LogP contribution in [0.25, 0.3) is 0 Å². The molecule has 0 aliphatic rings. The van der Waals surface area contributed by atoms with E-state index in [1.54, 1.807) is 0 Å². The van der Waals surface area contributed by atoms with E-state index >= 15 is 0 Å². The van der Waals surface area contributed by atoms with Gasteiger partial charge in [0.15, 0.2) is 6.04 Å². The second-order valence-electron chi connectivity index (χ2n) is 2.85. The third kappa shape index (κ3) is 3.86. The summed E-state index contributed by atoms with van der Waals surface area (Å²) in [6.45, 7) is 2.70. The lowest BCUT2D eigenvalue weighted by Crippen LogP contribution is -2.51. The molecule has 0 rings (SSSR count). The number of hydrogen-bond donors (Lipinski definition) is 4. The predicted molar refractivity (Wildman–Crippen MR) is 44.9 cm³/mol. The second kappa shape index (κ2) is 4.78. The van der Waals surface area contributed by atoms with Crippen LogP contribution in [-0.4, -0.2) is 40.3 Å². The van der Waals surface area contributed by atoms with Crippen LogP contribution in [0.1, 0.15) is 13.8 Å². The molecule has 0 radical (unpaired) electrons. The molecule has 0 aromatic rings. The smallest absolute Gasteiger partial charge is 0.328 e. The molecule has 0 aromatic heterocycles. The number of hydrogen-bond acceptors (Lipinski definition) is 4. The van der Waals surface area contributed by atoms with Crippen molar-refractivity contribution in [1.29, 1.82) is 0 Å². The van der Waals surface area contributed by atoms with E-state index in [-0.39, 0.29) is 0 Å². The molecule has 5 N–H and O–H groups in total. The van der Waals surface area contributed by atoms with E-state index in [4.69, 9.17) is 15.9 Å². The minimum atomic E-state index is -1.31. The number of aliphatic hydroxyl groups is 1. The third-order valence-corrected chi connectivity index (χ3v) is 1.46. The summed E-state index contributed by atoms with van der Waals surface area (Å²) in [6.07, 6.45) is -1.15. The van der Waals surface area contributed by atoms with Gasteiger partial charge in [0.2, 0.25) is 5.91 Å². The molecule has 0 aliphatic heterocycles. The van der Waals surface area contributed by atoms with Gasteiger partial charge in [-0.3, -0.25) is 4.79 Å². The van der Waals surface area contributed by atoms with Gasteiger partial charge in [-0.15, -0.1) is 0 Å². The molecule has 76 valence electrons. The zero-order valence-electron chi connectivity index (χ0n) is 7.52. The van der Waals surface area contributed by atoms with Gasteiger partial charge in [-0.25, -0.2) is 4.79 Å². The summed E-state index contributed by atoms with van der Waals surface area (Å²) >= 11 is 0. The zero-order valence-corrected chi connectivity index (χ0v) is 7.52. The lowest BCUT2D eigenvalue weighted by molar-refractivity contribution is -0.144. The number of amides is 1. The van der Waals surface area contributed by atoms with Crippen molar-refractivity contribution in [3.05, 3.63) is 0 Å². The van der Waals surface area contributed by atoms with Crippen molar-refractivity contribution in [2.45, 2.75) is 32.0 Å². The van der Waals surface area contributed by atoms with Crippen molar-refractivity contribution in [2.75, 3.05) is 0 Å². The molecule has 3 atom stereocenters. The van der Waals surface area contributed by atoms with Crippen LogP contribution in [0.4, 0.5) is 0 Å². The number of carboxylic acid groups (broad SMARTS) is 1. The Kier molecular flexibility index (Phi) is 4.36. The second-order valence-corrected chi connectivity index (χ2v) is 2.85. The highest BCUT2D eigenvalue weighted by molar-refractivity contribution is 5.86. The summed E-state index contributed by atoms with van der Waals surface area (Å²) in [5, 5.41) is 19.6. The van der Waals surface area contributed by atoms with Gasteiger partial charge >= 0.3 is 5.97 Å². The van der Waals surface area contributed by atoms with Crippen LogP contribution in [0, 0.1) is 0 Å². The van der Waals surface area contributed by atoms with Gasteiger partial charge in [0.05, 0.1) is 12.1 Å². The van der Waals surface area contributed by atoms with Crippen LogP contribution in [0.2, 0.25) is 0 Å². The van der Waals surface area contributed by atoms with Crippen LogP contribution in [0.15, 0.2) is 0 Å². The highest BCUT2D eigenvalue weighted by Crippen LogP contribution is 1.93. The summed E-state index contributed by atoms with van der Waals surface area (Å²) < 4.78 is 0. The van der Waals surface area contributed by atoms with Crippen LogP contribution in [-0.2, 0) is 9.59 Å². The van der Waals surface area contributed by atoms with Gasteiger partial charge in [-0.05, 0) is 13.8 Å². The van der Waals surface area contributed by atoms with E-state index in [9.17, 15) is 9.59 Å². The maximum Gasteiger partial charge on any atom is 0.328 e. The van der Waals surface area contributed by atoms with Crippen molar-refractivity contribution >= 4 is 11.9 Å². The number of rotatable bonds is 4. The van der Waals surface area contributed by atoms with Crippen molar-refractivity contribution in [3.63, 3.8) is 0 Å². The number of carbonyl (C=O) groups excluding carboxylic acids is 1. The first-order chi connectivity index (χ1) is 5.86. The molecule has 2 unspecified atom stereocenters. The van der Waals surface area contributed by atoms with E-state index < -0.39 is 30.1 Å². The Morgan fingerprint density at radius 3 is 2.08 bits per heavy atom. The number of carboxylic acids is 1. The number of nitrogens with one attached hydrogen (secondary N) is 1. The maximum atomic E-state index is 11.0. The quantitative estimate of drug-likeness (QED) is 0.421. The van der Waals surface area contributed by atoms with Crippen LogP contribution < -0.4 is 11.1 Å². The summed E-state index contributed by atoms with van der Waals surface area (Å²) in [5.74, 6) is -1.89. The normalized spacial score (nSPS) is 17.2. The van der Waals surface area contributed by atoms with Crippen molar-refractivity contribution in [2.24, 2.45) is 5.73 Å². The maximum absolute atomic E-state index is 11.0. The summed E-state index contributed by atoms with van der Waals surface area (Å²) in [7, 11) is 0. The van der Waals surface area contributed by atoms with Crippen molar-refractivity contribution < 1.29 is 19.8 Å². The first kappa shape index (κ1) is 11.9. The van der Waals surface area contributed by atoms with Crippen LogP contribution >= 0.6 is 0 Å². The third-order valence-electron chi connectivity index (χ3n) is 1.46. The highest BCUT2D eigenvalue weighted by atomic mass is 16.4. The minimum Gasteiger partial charge on any atom is -0.480 e. The molecule has 0 aliphatic carbocycles. The fraction of sp³-hybridized carbons (Fsp3) is 0.714. The highest BCUT2D eigenvalue weighted by Gasteiger charge is 2.25. The topological polar surface area (TPSA) is 113 Å². The molecule has 0 heterocycles. The Morgan fingerprint density at radius 2 is 1.85 bits per heavy atom. The number of aliphatic carboxylic acids is 1. The Labute approximate surface area is 75.7 Å². The average Bonchev–Trinajstić information content (AvgIpc) is 1.97. The Hall–Kier alpha value is -1.14. The van der Waals surface area contributed by atoms with Crippen LogP contribution in [0.3, 0.4) is 0 Å². The molecular weight excluding hydrogens is 176 g/mol. The van der Waals surface area contributed by atoms with E-state index in [1.807, 2.05) is 0 Å². The van der Waals surface area contributed by atoms with Crippen LogP contribution in [0.5, 0.6) is 0 Å². The SMILES string of the molecule is CC(O)C(NC(=O)[C@@H](C)N)C(=O)O. The molecule has 0 spiro atoms. The first-order valence-electron chi connectivity index (χ1n) is 3.83. The summed E-state index contributed by atoms with van der Waals surface area (Å²) in [5.41, 5.74) is 5.20. The number of nitrogens with two attached hydrogens (primary N) is 1. The van der Waals surface area contributed by atoms with E-state index in [0.29, 0.717) is 0 Å². The van der Waals surface area contributed by atoms with Gasteiger partial charge in [-0.2, -0.15) is 0 Å². The molecule has 6 nitrogen and oxygen atoms in total. The first-order valence-corrected chi connectivity index (χ1v) is 3.83. The van der Waals surface area contributed by atoms with Crippen molar-refractivity contribution in [3.8, 4) is 0 Å².